The van der Waals surface area contributed by atoms with Gasteiger partial charge >= 0.3 is 0 Å². The summed E-state index contributed by atoms with van der Waals surface area (Å²) in [6.45, 7) is 0.574. The first kappa shape index (κ1) is 14.2. The molecule has 0 aliphatic rings. The largest absolute Gasteiger partial charge is 0.497 e. The molecule has 24 heavy (non-hydrogen) atoms. The monoisotopic (exact) mass is 322 g/mol. The number of hydrogen-bond acceptors (Lipinski definition) is 7. The summed E-state index contributed by atoms with van der Waals surface area (Å²) in [4.78, 5) is 12.5. The van der Waals surface area contributed by atoms with E-state index >= 15 is 0 Å². The maximum absolute atomic E-state index is 6.03. The summed E-state index contributed by atoms with van der Waals surface area (Å²) < 4.78 is 12.2. The van der Waals surface area contributed by atoms with Crippen molar-refractivity contribution in [3.63, 3.8) is 0 Å². The van der Waals surface area contributed by atoms with E-state index in [4.69, 9.17) is 14.9 Å². The molecule has 8 heteroatoms. The number of benzene rings is 1. The van der Waals surface area contributed by atoms with Crippen molar-refractivity contribution in [2.24, 2.45) is 0 Å². The van der Waals surface area contributed by atoms with Crippen molar-refractivity contribution in [3.05, 3.63) is 48.6 Å². The second-order valence-corrected chi connectivity index (χ2v) is 5.21. The number of oxazole rings is 1. The van der Waals surface area contributed by atoms with Crippen LogP contribution in [0.1, 0.15) is 5.56 Å². The highest BCUT2D eigenvalue weighted by Crippen LogP contribution is 2.22. The van der Waals surface area contributed by atoms with E-state index in [0.717, 1.165) is 11.3 Å². The fourth-order valence-electron chi connectivity index (χ4n) is 2.45. The summed E-state index contributed by atoms with van der Waals surface area (Å²) in [5.41, 5.74) is 7.60. The molecule has 0 saturated heterocycles. The van der Waals surface area contributed by atoms with Crippen LogP contribution in [0.15, 0.2) is 47.5 Å². The van der Waals surface area contributed by atoms with Gasteiger partial charge in [0.15, 0.2) is 17.8 Å². The van der Waals surface area contributed by atoms with E-state index in [1.807, 2.05) is 30.5 Å². The predicted molar refractivity (Wildman–Crippen MR) is 87.3 cm³/mol. The summed E-state index contributed by atoms with van der Waals surface area (Å²) in [6, 6.07) is 7.80. The van der Waals surface area contributed by atoms with Gasteiger partial charge in [-0.2, -0.15) is 5.10 Å². The Bertz CT molecular complexity index is 993. The SMILES string of the molecule is COc1cccc(Cn2cc3c(N)nc(-c4cnco4)nc3n2)c1. The fourth-order valence-corrected chi connectivity index (χ4v) is 2.45. The van der Waals surface area contributed by atoms with Crippen LogP contribution in [-0.2, 0) is 6.54 Å². The van der Waals surface area contributed by atoms with Crippen LogP contribution in [-0.4, -0.2) is 31.8 Å². The molecule has 0 atom stereocenters. The maximum Gasteiger partial charge on any atom is 0.201 e. The number of nitrogens with two attached hydrogens (primary N) is 1. The molecule has 1 aromatic carbocycles. The molecule has 3 aromatic heterocycles. The zero-order chi connectivity index (χ0) is 16.5. The molecule has 0 fully saturated rings. The molecular formula is C16H14N6O2. The minimum absolute atomic E-state index is 0.350. The van der Waals surface area contributed by atoms with Crippen molar-refractivity contribution in [2.75, 3.05) is 12.8 Å². The Hall–Kier alpha value is -3.42. The van der Waals surface area contributed by atoms with Crippen LogP contribution in [0.5, 0.6) is 5.75 Å². The molecular weight excluding hydrogens is 308 g/mol. The second-order valence-electron chi connectivity index (χ2n) is 5.21. The van der Waals surface area contributed by atoms with Crippen molar-refractivity contribution in [1.29, 1.82) is 0 Å². The molecule has 0 amide bonds. The van der Waals surface area contributed by atoms with Crippen molar-refractivity contribution in [3.8, 4) is 17.3 Å². The molecule has 0 spiro atoms. The number of ether oxygens (including phenoxy) is 1. The topological polar surface area (TPSA) is 105 Å². The van der Waals surface area contributed by atoms with Crippen LogP contribution in [0.4, 0.5) is 5.82 Å². The Kier molecular flexibility index (Phi) is 3.34. The van der Waals surface area contributed by atoms with Crippen LogP contribution in [0.3, 0.4) is 0 Å². The van der Waals surface area contributed by atoms with E-state index in [0.29, 0.717) is 35.0 Å². The summed E-state index contributed by atoms with van der Waals surface area (Å²) in [5.74, 6) is 1.97. The van der Waals surface area contributed by atoms with Crippen LogP contribution in [0.2, 0.25) is 0 Å². The zero-order valence-electron chi connectivity index (χ0n) is 12.9. The molecule has 3 heterocycles. The summed E-state index contributed by atoms with van der Waals surface area (Å²) in [6.07, 6.45) is 4.68. The Balaban J connectivity index is 1.71. The molecule has 8 nitrogen and oxygen atoms in total. The van der Waals surface area contributed by atoms with Gasteiger partial charge < -0.3 is 14.9 Å². The first-order chi connectivity index (χ1) is 11.7. The van der Waals surface area contributed by atoms with Crippen molar-refractivity contribution >= 4 is 16.9 Å². The number of nitrogen functional groups attached to an aromatic ring is 1. The molecule has 0 saturated carbocycles. The number of fused-ring (bicyclic) bond motifs is 1. The quantitative estimate of drug-likeness (QED) is 0.613. The van der Waals surface area contributed by atoms with Gasteiger partial charge in [-0.1, -0.05) is 12.1 Å². The maximum atomic E-state index is 6.03. The average molecular weight is 322 g/mol. The number of hydrogen-bond donors (Lipinski definition) is 1. The first-order valence-corrected chi connectivity index (χ1v) is 7.25. The second kappa shape index (κ2) is 5.65. The molecule has 0 radical (unpaired) electrons. The van der Waals surface area contributed by atoms with Gasteiger partial charge in [0.2, 0.25) is 5.82 Å². The van der Waals surface area contributed by atoms with Gasteiger partial charge in [0.05, 0.1) is 25.2 Å². The van der Waals surface area contributed by atoms with Gasteiger partial charge in [0.1, 0.15) is 11.6 Å². The highest BCUT2D eigenvalue weighted by Gasteiger charge is 2.13. The molecule has 2 N–H and O–H groups in total. The Labute approximate surface area is 136 Å². The molecule has 120 valence electrons. The van der Waals surface area contributed by atoms with E-state index in [1.54, 1.807) is 11.8 Å². The van der Waals surface area contributed by atoms with E-state index in [-0.39, 0.29) is 0 Å². The van der Waals surface area contributed by atoms with E-state index in [9.17, 15) is 0 Å². The summed E-state index contributed by atoms with van der Waals surface area (Å²) in [5, 5.41) is 5.17. The summed E-state index contributed by atoms with van der Waals surface area (Å²) in [7, 11) is 1.64. The highest BCUT2D eigenvalue weighted by atomic mass is 16.5. The first-order valence-electron chi connectivity index (χ1n) is 7.25. The number of anilines is 1. The van der Waals surface area contributed by atoms with Crippen LogP contribution < -0.4 is 10.5 Å². The molecule has 0 unspecified atom stereocenters. The molecule has 0 aliphatic heterocycles. The standard InChI is InChI=1S/C16H14N6O2/c1-23-11-4-2-3-10(5-11)7-22-8-12-14(17)19-16(20-15(12)21-22)13-6-18-9-24-13/h2-6,8-9H,7H2,1H3,(H2,17,19,20,21). The Morgan fingerprint density at radius 2 is 2.21 bits per heavy atom. The minimum Gasteiger partial charge on any atom is -0.497 e. The third-order valence-corrected chi connectivity index (χ3v) is 3.59. The van der Waals surface area contributed by atoms with Crippen molar-refractivity contribution in [2.45, 2.75) is 6.54 Å². The Morgan fingerprint density at radius 3 is 3.00 bits per heavy atom. The smallest absolute Gasteiger partial charge is 0.201 e. The zero-order valence-corrected chi connectivity index (χ0v) is 12.9. The van der Waals surface area contributed by atoms with Crippen molar-refractivity contribution in [1.82, 2.24) is 24.7 Å². The van der Waals surface area contributed by atoms with Gasteiger partial charge in [0.25, 0.3) is 0 Å². The molecule has 4 rings (SSSR count). The lowest BCUT2D eigenvalue weighted by atomic mass is 10.2. The van der Waals surface area contributed by atoms with Crippen LogP contribution in [0.25, 0.3) is 22.6 Å². The number of nitrogens with zero attached hydrogens (tertiary/aromatic N) is 5. The molecule has 0 bridgehead atoms. The Morgan fingerprint density at radius 1 is 1.29 bits per heavy atom. The predicted octanol–water partition coefficient (Wildman–Crippen LogP) is 2.12. The van der Waals surface area contributed by atoms with Gasteiger partial charge in [-0.15, -0.1) is 0 Å². The lowest BCUT2D eigenvalue weighted by molar-refractivity contribution is 0.414. The minimum atomic E-state index is 0.350. The van der Waals surface area contributed by atoms with Crippen LogP contribution in [0, 0.1) is 0 Å². The number of aromatic nitrogens is 5. The summed E-state index contributed by atoms with van der Waals surface area (Å²) >= 11 is 0. The normalized spacial score (nSPS) is 11.0. The van der Waals surface area contributed by atoms with E-state index in [1.165, 1.54) is 12.6 Å². The van der Waals surface area contributed by atoms with Gasteiger partial charge in [-0.25, -0.2) is 15.0 Å². The lowest BCUT2D eigenvalue weighted by Gasteiger charge is -2.04. The average Bonchev–Trinajstić information content (AvgIpc) is 3.24. The van der Waals surface area contributed by atoms with Gasteiger partial charge in [-0.05, 0) is 17.7 Å². The lowest BCUT2D eigenvalue weighted by Crippen LogP contribution is -2.00. The molecule has 0 aliphatic carbocycles. The highest BCUT2D eigenvalue weighted by molar-refractivity contribution is 5.86. The number of rotatable bonds is 4. The third kappa shape index (κ3) is 2.54. The fraction of sp³-hybridized carbons (Fsp3) is 0.125. The van der Waals surface area contributed by atoms with E-state index < -0.39 is 0 Å². The molecule has 4 aromatic rings. The van der Waals surface area contributed by atoms with Gasteiger partial charge in [-0.3, -0.25) is 4.68 Å². The van der Waals surface area contributed by atoms with E-state index in [2.05, 4.69) is 20.1 Å². The third-order valence-electron chi connectivity index (χ3n) is 3.59. The van der Waals surface area contributed by atoms with Crippen LogP contribution >= 0.6 is 0 Å². The van der Waals surface area contributed by atoms with Crippen molar-refractivity contribution < 1.29 is 9.15 Å². The van der Waals surface area contributed by atoms with Gasteiger partial charge in [0, 0.05) is 6.20 Å². The number of methoxy groups -OCH3 is 1.